The zero-order valence-electron chi connectivity index (χ0n) is 19.8. The maximum atomic E-state index is 13.1. The van der Waals surface area contributed by atoms with Crippen molar-refractivity contribution in [3.63, 3.8) is 0 Å². The molecule has 0 amide bonds. The topological polar surface area (TPSA) is 85.2 Å². The molecule has 0 aliphatic carbocycles. The Balaban J connectivity index is 1.53. The molecule has 4 aromatic rings. The highest BCUT2D eigenvalue weighted by Crippen LogP contribution is 2.33. The fourth-order valence-electron chi connectivity index (χ4n) is 3.73. The molecule has 1 N–H and O–H groups in total. The number of anilines is 2. The van der Waals surface area contributed by atoms with Crippen LogP contribution in [0, 0.1) is 0 Å². The molecule has 10 heteroatoms. The van der Waals surface area contributed by atoms with Gasteiger partial charge in [0.2, 0.25) is 11.8 Å². The predicted molar refractivity (Wildman–Crippen MR) is 141 cm³/mol. The third-order valence-electron chi connectivity index (χ3n) is 5.72. The maximum absolute atomic E-state index is 13.1. The molecular formula is C25H26Cl2N6O2. The number of nitrogens with one attached hydrogen (secondary N) is 1. The van der Waals surface area contributed by atoms with E-state index in [9.17, 15) is 4.79 Å². The first-order valence-corrected chi connectivity index (χ1v) is 12.1. The second kappa shape index (κ2) is 11.0. The van der Waals surface area contributed by atoms with Gasteiger partial charge < -0.3 is 15.0 Å². The van der Waals surface area contributed by atoms with Crippen LogP contribution in [0.25, 0.3) is 22.2 Å². The van der Waals surface area contributed by atoms with Gasteiger partial charge in [0.1, 0.15) is 12.3 Å². The van der Waals surface area contributed by atoms with Crippen LogP contribution in [0.5, 0.6) is 5.88 Å². The number of fused-ring (bicyclic) bond motifs is 1. The van der Waals surface area contributed by atoms with Gasteiger partial charge in [0, 0.05) is 36.8 Å². The van der Waals surface area contributed by atoms with Gasteiger partial charge in [-0.1, -0.05) is 43.1 Å². The van der Waals surface area contributed by atoms with E-state index < -0.39 is 0 Å². The first-order valence-electron chi connectivity index (χ1n) is 11.3. The van der Waals surface area contributed by atoms with Crippen molar-refractivity contribution in [1.29, 1.82) is 0 Å². The Labute approximate surface area is 213 Å². The summed E-state index contributed by atoms with van der Waals surface area (Å²) in [5.41, 5.74) is 1.80. The molecule has 0 aliphatic rings. The molecule has 0 aliphatic heterocycles. The fourth-order valence-corrected chi connectivity index (χ4v) is 4.33. The predicted octanol–water partition coefficient (Wildman–Crippen LogP) is 5.16. The SMILES string of the molecule is CCN(CC)CCOc1ccc(Nc2ncc3cc(-c4c(Cl)cccc4Cl)c(=O)n(C)c3n2)cn1. The quantitative estimate of drug-likeness (QED) is 0.331. The highest BCUT2D eigenvalue weighted by Gasteiger charge is 2.16. The fraction of sp³-hybridized carbons (Fsp3) is 0.280. The third-order valence-corrected chi connectivity index (χ3v) is 6.35. The molecule has 0 atom stereocenters. The molecule has 8 nitrogen and oxygen atoms in total. The van der Waals surface area contributed by atoms with Gasteiger partial charge >= 0.3 is 0 Å². The van der Waals surface area contributed by atoms with Gasteiger partial charge in [0.05, 0.1) is 27.5 Å². The normalized spacial score (nSPS) is 11.3. The van der Waals surface area contributed by atoms with Crippen molar-refractivity contribution in [2.45, 2.75) is 13.8 Å². The van der Waals surface area contributed by atoms with Crippen LogP contribution in [0.1, 0.15) is 13.8 Å². The third kappa shape index (κ3) is 5.56. The van der Waals surface area contributed by atoms with Crippen molar-refractivity contribution < 1.29 is 4.74 Å². The number of nitrogens with zero attached hydrogens (tertiary/aromatic N) is 5. The summed E-state index contributed by atoms with van der Waals surface area (Å²) in [6, 6.07) is 10.5. The minimum Gasteiger partial charge on any atom is -0.476 e. The molecule has 0 spiro atoms. The number of benzene rings is 1. The average Bonchev–Trinajstić information content (AvgIpc) is 2.86. The summed E-state index contributed by atoms with van der Waals surface area (Å²) in [6.07, 6.45) is 3.30. The zero-order chi connectivity index (χ0) is 24.9. The molecule has 4 rings (SSSR count). The second-order valence-corrected chi connectivity index (χ2v) is 8.69. The van der Waals surface area contributed by atoms with E-state index >= 15 is 0 Å². The Bertz CT molecular complexity index is 1370. The Morgan fingerprint density at radius 1 is 1.06 bits per heavy atom. The van der Waals surface area contributed by atoms with Crippen LogP contribution in [0.15, 0.2) is 53.6 Å². The molecule has 0 radical (unpaired) electrons. The van der Waals surface area contributed by atoms with Crippen LogP contribution >= 0.6 is 23.2 Å². The Morgan fingerprint density at radius 3 is 2.46 bits per heavy atom. The van der Waals surface area contributed by atoms with Crippen LogP contribution in [0.3, 0.4) is 0 Å². The minimum absolute atomic E-state index is 0.259. The van der Waals surface area contributed by atoms with Crippen LogP contribution in [-0.4, -0.2) is 50.7 Å². The van der Waals surface area contributed by atoms with Crippen molar-refractivity contribution in [2.24, 2.45) is 7.05 Å². The van der Waals surface area contributed by atoms with E-state index in [1.807, 2.05) is 6.07 Å². The van der Waals surface area contributed by atoms with Crippen molar-refractivity contribution in [2.75, 3.05) is 31.6 Å². The second-order valence-electron chi connectivity index (χ2n) is 7.88. The zero-order valence-corrected chi connectivity index (χ0v) is 21.3. The molecule has 0 saturated carbocycles. The van der Waals surface area contributed by atoms with E-state index in [1.54, 1.807) is 49.8 Å². The number of aromatic nitrogens is 4. The molecule has 1 aromatic carbocycles. The molecule has 182 valence electrons. The van der Waals surface area contributed by atoms with Gasteiger partial charge in [-0.15, -0.1) is 0 Å². The van der Waals surface area contributed by atoms with E-state index in [2.05, 4.69) is 39.0 Å². The van der Waals surface area contributed by atoms with Gasteiger partial charge in [-0.2, -0.15) is 4.98 Å². The summed E-state index contributed by atoms with van der Waals surface area (Å²) in [4.78, 5) is 28.6. The van der Waals surface area contributed by atoms with Crippen LogP contribution in [0.4, 0.5) is 11.6 Å². The van der Waals surface area contributed by atoms with Crippen molar-refractivity contribution in [3.8, 4) is 17.0 Å². The smallest absolute Gasteiger partial charge is 0.259 e. The van der Waals surface area contributed by atoms with Crippen LogP contribution in [-0.2, 0) is 7.05 Å². The summed E-state index contributed by atoms with van der Waals surface area (Å²) in [5.74, 6) is 0.892. The van der Waals surface area contributed by atoms with E-state index in [1.165, 1.54) is 4.57 Å². The van der Waals surface area contributed by atoms with Gasteiger partial charge in [-0.05, 0) is 37.4 Å². The number of hydrogen-bond donors (Lipinski definition) is 1. The van der Waals surface area contributed by atoms with Crippen molar-refractivity contribution >= 4 is 45.9 Å². The average molecular weight is 513 g/mol. The molecular weight excluding hydrogens is 487 g/mol. The van der Waals surface area contributed by atoms with E-state index in [0.29, 0.717) is 56.3 Å². The number of hydrogen-bond acceptors (Lipinski definition) is 7. The highest BCUT2D eigenvalue weighted by atomic mass is 35.5. The molecule has 0 saturated heterocycles. The summed E-state index contributed by atoms with van der Waals surface area (Å²) < 4.78 is 7.19. The number of halogens is 2. The van der Waals surface area contributed by atoms with E-state index in [0.717, 1.165) is 19.6 Å². The Hall–Kier alpha value is -3.20. The lowest BCUT2D eigenvalue weighted by atomic mass is 10.1. The highest BCUT2D eigenvalue weighted by molar-refractivity contribution is 6.39. The maximum Gasteiger partial charge on any atom is 0.259 e. The first-order chi connectivity index (χ1) is 16.9. The molecule has 3 heterocycles. The first kappa shape index (κ1) is 24.9. The number of rotatable bonds is 9. The monoisotopic (exact) mass is 512 g/mol. The summed E-state index contributed by atoms with van der Waals surface area (Å²) in [5, 5.41) is 4.61. The Kier molecular flexibility index (Phi) is 7.85. The van der Waals surface area contributed by atoms with Crippen molar-refractivity contribution in [1.82, 2.24) is 24.4 Å². The number of likely N-dealkylation sites (N-methyl/N-ethyl adjacent to an activating group) is 1. The van der Waals surface area contributed by atoms with Crippen LogP contribution < -0.4 is 15.6 Å². The number of pyridine rings is 2. The molecule has 0 unspecified atom stereocenters. The van der Waals surface area contributed by atoms with Gasteiger partial charge in [-0.3, -0.25) is 9.36 Å². The molecule has 3 aromatic heterocycles. The number of aryl methyl sites for hydroxylation is 1. The van der Waals surface area contributed by atoms with Gasteiger partial charge in [0.25, 0.3) is 5.56 Å². The summed E-state index contributed by atoms with van der Waals surface area (Å²) in [6.45, 7) is 7.66. The van der Waals surface area contributed by atoms with Gasteiger partial charge in [-0.25, -0.2) is 9.97 Å². The standard InChI is InChI=1S/C25H26Cl2N6O2/c1-4-33(5-2)11-12-35-21-10-9-17(15-28-21)30-25-29-14-16-13-18(24(34)32(3)23(16)31-25)22-19(26)7-6-8-20(22)27/h6-10,13-15H,4-5,11-12H2,1-3H3,(H,29,30,31). The largest absolute Gasteiger partial charge is 0.476 e. The lowest BCUT2D eigenvalue weighted by Crippen LogP contribution is -2.28. The molecule has 35 heavy (non-hydrogen) atoms. The minimum atomic E-state index is -0.259. The molecule has 0 fully saturated rings. The van der Waals surface area contributed by atoms with Crippen molar-refractivity contribution in [3.05, 3.63) is 69.2 Å². The summed E-state index contributed by atoms with van der Waals surface area (Å²) >= 11 is 12.7. The van der Waals surface area contributed by atoms with Crippen LogP contribution in [0.2, 0.25) is 10.0 Å². The lowest BCUT2D eigenvalue weighted by molar-refractivity contribution is 0.218. The van der Waals surface area contributed by atoms with E-state index in [4.69, 9.17) is 27.9 Å². The molecule has 0 bridgehead atoms. The summed E-state index contributed by atoms with van der Waals surface area (Å²) in [7, 11) is 1.65. The van der Waals surface area contributed by atoms with E-state index in [-0.39, 0.29) is 5.56 Å². The van der Waals surface area contributed by atoms with Gasteiger partial charge in [0.15, 0.2) is 0 Å². The number of ether oxygens (including phenoxy) is 1. The Morgan fingerprint density at radius 2 is 1.80 bits per heavy atom. The lowest BCUT2D eigenvalue weighted by Gasteiger charge is -2.17.